The van der Waals surface area contributed by atoms with E-state index in [9.17, 15) is 13.2 Å². The molecule has 1 rings (SSSR count). The number of hydrogen-bond acceptors (Lipinski definition) is 4. The Morgan fingerprint density at radius 2 is 2.00 bits per heavy atom. The molecule has 0 unspecified atom stereocenters. The van der Waals surface area contributed by atoms with Crippen LogP contribution in [0.4, 0.5) is 5.69 Å². The van der Waals surface area contributed by atoms with Gasteiger partial charge < -0.3 is 10.6 Å². The van der Waals surface area contributed by atoms with Crippen LogP contribution in [0.5, 0.6) is 0 Å². The number of anilines is 1. The molecule has 0 spiro atoms. The van der Waals surface area contributed by atoms with E-state index in [1.54, 1.807) is 14.0 Å². The lowest BCUT2D eigenvalue weighted by Gasteiger charge is -2.15. The number of halogens is 2. The van der Waals surface area contributed by atoms with Crippen molar-refractivity contribution in [1.29, 1.82) is 0 Å². The molecule has 0 aliphatic heterocycles. The lowest BCUT2D eigenvalue weighted by Crippen LogP contribution is -2.38. The molecule has 0 radical (unpaired) electrons. The Bertz CT molecular complexity index is 596. The van der Waals surface area contributed by atoms with Crippen LogP contribution in [0.1, 0.15) is 6.92 Å². The van der Waals surface area contributed by atoms with Gasteiger partial charge in [-0.2, -0.15) is 0 Å². The van der Waals surface area contributed by atoms with Crippen LogP contribution in [0.2, 0.25) is 10.0 Å². The summed E-state index contributed by atoms with van der Waals surface area (Å²) in [7, 11) is -2.42. The standard InChI is InChI=1S/C11H15Cl2N3O3S/c1-3-16(2)10(17)6-15-20(18,19)11-8(13)4-7(12)5-9(11)14/h4-5,15H,3,6,14H2,1-2H3. The number of nitrogens with one attached hydrogen (secondary N) is 1. The second kappa shape index (κ2) is 6.62. The van der Waals surface area contributed by atoms with Crippen molar-refractivity contribution in [3.63, 3.8) is 0 Å². The van der Waals surface area contributed by atoms with Gasteiger partial charge in [-0.1, -0.05) is 23.2 Å². The predicted octanol–water partition coefficient (Wildman–Crippen LogP) is 1.33. The Morgan fingerprint density at radius 3 is 2.50 bits per heavy atom. The summed E-state index contributed by atoms with van der Waals surface area (Å²) in [5.74, 6) is -0.361. The summed E-state index contributed by atoms with van der Waals surface area (Å²) in [6, 6.07) is 2.55. The Balaban J connectivity index is 2.99. The fourth-order valence-electron chi connectivity index (χ4n) is 1.40. The maximum absolute atomic E-state index is 12.1. The second-order valence-corrected chi connectivity index (χ2v) is 6.59. The van der Waals surface area contributed by atoms with E-state index < -0.39 is 10.0 Å². The number of likely N-dealkylation sites (N-methyl/N-ethyl adjacent to an activating group) is 1. The fourth-order valence-corrected chi connectivity index (χ4v) is 3.36. The van der Waals surface area contributed by atoms with Gasteiger partial charge in [0, 0.05) is 18.6 Å². The average Bonchev–Trinajstić information content (AvgIpc) is 2.33. The third kappa shape index (κ3) is 3.99. The molecule has 1 aromatic carbocycles. The second-order valence-electron chi connectivity index (χ2n) is 4.04. The van der Waals surface area contributed by atoms with Crippen LogP contribution in [0.15, 0.2) is 17.0 Å². The van der Waals surface area contributed by atoms with Crippen LogP contribution in [0.3, 0.4) is 0 Å². The summed E-state index contributed by atoms with van der Waals surface area (Å²) in [6.45, 7) is 1.88. The number of nitrogen functional groups attached to an aromatic ring is 1. The van der Waals surface area contributed by atoms with E-state index in [1.165, 1.54) is 17.0 Å². The molecule has 0 aliphatic carbocycles. The Kier molecular flexibility index (Phi) is 5.64. The van der Waals surface area contributed by atoms with Gasteiger partial charge in [0.05, 0.1) is 17.3 Å². The number of carbonyl (C=O) groups excluding carboxylic acids is 1. The van der Waals surface area contributed by atoms with Crippen LogP contribution < -0.4 is 10.5 Å². The summed E-state index contributed by atoms with van der Waals surface area (Å²) < 4.78 is 26.4. The number of sulfonamides is 1. The Labute approximate surface area is 127 Å². The first kappa shape index (κ1) is 17.0. The van der Waals surface area contributed by atoms with Crippen molar-refractivity contribution < 1.29 is 13.2 Å². The zero-order valence-electron chi connectivity index (χ0n) is 11.0. The lowest BCUT2D eigenvalue weighted by atomic mass is 10.3. The maximum atomic E-state index is 12.1. The molecule has 0 heterocycles. The Morgan fingerprint density at radius 1 is 1.40 bits per heavy atom. The molecule has 3 N–H and O–H groups in total. The third-order valence-electron chi connectivity index (χ3n) is 2.62. The minimum absolute atomic E-state index is 0.0775. The van der Waals surface area contributed by atoms with Crippen LogP contribution in [0, 0.1) is 0 Å². The number of benzene rings is 1. The Hall–Kier alpha value is -1.02. The molecular formula is C11H15Cl2N3O3S. The van der Waals surface area contributed by atoms with Crippen molar-refractivity contribution in [3.8, 4) is 0 Å². The van der Waals surface area contributed by atoms with E-state index in [1.807, 2.05) is 0 Å². The molecule has 0 bridgehead atoms. The molecule has 0 saturated carbocycles. The molecule has 20 heavy (non-hydrogen) atoms. The summed E-state index contributed by atoms with van der Waals surface area (Å²) in [4.78, 5) is 12.7. The van der Waals surface area contributed by atoms with Crippen molar-refractivity contribution >= 4 is 44.8 Å². The van der Waals surface area contributed by atoms with Gasteiger partial charge in [0.2, 0.25) is 15.9 Å². The van der Waals surface area contributed by atoms with E-state index in [0.717, 1.165) is 0 Å². The fraction of sp³-hybridized carbons (Fsp3) is 0.364. The van der Waals surface area contributed by atoms with Crippen LogP contribution in [-0.2, 0) is 14.8 Å². The minimum atomic E-state index is -3.99. The normalized spacial score (nSPS) is 11.4. The van der Waals surface area contributed by atoms with Crippen molar-refractivity contribution in [1.82, 2.24) is 9.62 Å². The number of carbonyl (C=O) groups is 1. The van der Waals surface area contributed by atoms with E-state index in [2.05, 4.69) is 4.72 Å². The zero-order valence-corrected chi connectivity index (χ0v) is 13.3. The van der Waals surface area contributed by atoms with Gasteiger partial charge in [-0.15, -0.1) is 0 Å². The van der Waals surface area contributed by atoms with Crippen molar-refractivity contribution in [2.75, 3.05) is 25.9 Å². The van der Waals surface area contributed by atoms with Crippen molar-refractivity contribution in [2.24, 2.45) is 0 Å². The summed E-state index contributed by atoms with van der Waals surface area (Å²) in [5, 5.41) is 0.132. The zero-order chi connectivity index (χ0) is 15.5. The highest BCUT2D eigenvalue weighted by Gasteiger charge is 2.23. The molecule has 0 aliphatic rings. The predicted molar refractivity (Wildman–Crippen MR) is 79.4 cm³/mol. The number of hydrogen-bond donors (Lipinski definition) is 2. The monoisotopic (exact) mass is 339 g/mol. The largest absolute Gasteiger partial charge is 0.398 e. The number of amides is 1. The SMILES string of the molecule is CCN(C)C(=O)CNS(=O)(=O)c1c(N)cc(Cl)cc1Cl. The topological polar surface area (TPSA) is 92.5 Å². The molecule has 6 nitrogen and oxygen atoms in total. The first-order valence-corrected chi connectivity index (χ1v) is 7.91. The molecule has 0 aromatic heterocycles. The van der Waals surface area contributed by atoms with Gasteiger partial charge in [-0.25, -0.2) is 13.1 Å². The highest BCUT2D eigenvalue weighted by atomic mass is 35.5. The number of rotatable bonds is 5. The molecule has 112 valence electrons. The molecule has 1 aromatic rings. The van der Waals surface area contributed by atoms with Gasteiger partial charge in [0.15, 0.2) is 0 Å². The number of nitrogens with two attached hydrogens (primary N) is 1. The molecule has 1 amide bonds. The highest BCUT2D eigenvalue weighted by Crippen LogP contribution is 2.30. The molecule has 0 atom stereocenters. The average molecular weight is 340 g/mol. The first-order valence-electron chi connectivity index (χ1n) is 5.67. The van der Waals surface area contributed by atoms with Gasteiger partial charge >= 0.3 is 0 Å². The van der Waals surface area contributed by atoms with Gasteiger partial charge in [0.1, 0.15) is 4.90 Å². The number of nitrogens with zero attached hydrogens (tertiary/aromatic N) is 1. The smallest absolute Gasteiger partial charge is 0.244 e. The van der Waals surface area contributed by atoms with Crippen LogP contribution in [0.25, 0.3) is 0 Å². The summed E-state index contributed by atoms with van der Waals surface area (Å²) >= 11 is 11.6. The van der Waals surface area contributed by atoms with E-state index in [4.69, 9.17) is 28.9 Å². The summed E-state index contributed by atoms with van der Waals surface area (Å²) in [5.41, 5.74) is 5.54. The first-order chi connectivity index (χ1) is 9.19. The molecule has 0 fully saturated rings. The highest BCUT2D eigenvalue weighted by molar-refractivity contribution is 7.89. The van der Waals surface area contributed by atoms with E-state index >= 15 is 0 Å². The van der Waals surface area contributed by atoms with E-state index in [0.29, 0.717) is 6.54 Å². The minimum Gasteiger partial charge on any atom is -0.398 e. The van der Waals surface area contributed by atoms with Crippen molar-refractivity contribution in [3.05, 3.63) is 22.2 Å². The quantitative estimate of drug-likeness (QED) is 0.791. The van der Waals surface area contributed by atoms with Gasteiger partial charge in [0.25, 0.3) is 0 Å². The van der Waals surface area contributed by atoms with Crippen LogP contribution in [-0.4, -0.2) is 39.4 Å². The molecular weight excluding hydrogens is 325 g/mol. The van der Waals surface area contributed by atoms with Gasteiger partial charge in [-0.05, 0) is 19.1 Å². The van der Waals surface area contributed by atoms with Crippen LogP contribution >= 0.6 is 23.2 Å². The van der Waals surface area contributed by atoms with Gasteiger partial charge in [-0.3, -0.25) is 4.79 Å². The maximum Gasteiger partial charge on any atom is 0.244 e. The lowest BCUT2D eigenvalue weighted by molar-refractivity contribution is -0.128. The molecule has 9 heteroatoms. The third-order valence-corrected chi connectivity index (χ3v) is 4.77. The summed E-state index contributed by atoms with van der Waals surface area (Å²) in [6.07, 6.45) is 0. The van der Waals surface area contributed by atoms with E-state index in [-0.39, 0.29) is 33.1 Å². The van der Waals surface area contributed by atoms with Crippen molar-refractivity contribution in [2.45, 2.75) is 11.8 Å². The molecule has 0 saturated heterocycles.